The largest absolute Gasteiger partial charge is 0.416 e. The highest BCUT2D eigenvalue weighted by Gasteiger charge is 2.07. The van der Waals surface area contributed by atoms with Crippen molar-refractivity contribution in [1.29, 1.82) is 5.26 Å². The van der Waals surface area contributed by atoms with Crippen molar-refractivity contribution in [2.45, 2.75) is 11.6 Å². The van der Waals surface area contributed by atoms with Crippen LogP contribution < -0.4 is 0 Å². The summed E-state index contributed by atoms with van der Waals surface area (Å²) in [5, 5.41) is 17.3. The molecule has 0 atom stereocenters. The average molecular weight is 266 g/mol. The number of hydrogen-bond donors (Lipinski definition) is 0. The minimum absolute atomic E-state index is 0.308. The molecule has 1 aromatic heterocycles. The van der Waals surface area contributed by atoms with E-state index in [0.29, 0.717) is 28.3 Å². The Hall–Kier alpha value is -1.51. The number of hydrogen-bond acceptors (Lipinski definition) is 5. The number of nitrogens with zero attached hydrogens (tertiary/aromatic N) is 3. The molecule has 1 aromatic carbocycles. The second-order valence-corrected chi connectivity index (χ2v) is 4.57. The van der Waals surface area contributed by atoms with Crippen molar-refractivity contribution < 1.29 is 4.42 Å². The van der Waals surface area contributed by atoms with Gasteiger partial charge >= 0.3 is 0 Å². The molecule has 86 valence electrons. The van der Waals surface area contributed by atoms with E-state index in [1.54, 1.807) is 0 Å². The Bertz CT molecular complexity index is 532. The van der Waals surface area contributed by atoms with E-state index in [9.17, 15) is 0 Å². The fraction of sp³-hybridized carbons (Fsp3) is 0.182. The first-order valence-electron chi connectivity index (χ1n) is 4.84. The van der Waals surface area contributed by atoms with Gasteiger partial charge in [-0.2, -0.15) is 5.26 Å². The van der Waals surface area contributed by atoms with Gasteiger partial charge in [-0.3, -0.25) is 0 Å². The van der Waals surface area contributed by atoms with E-state index in [1.807, 2.05) is 30.3 Å². The first-order chi connectivity index (χ1) is 8.28. The fourth-order valence-corrected chi connectivity index (χ4v) is 1.81. The molecule has 4 nitrogen and oxygen atoms in total. The molecule has 0 saturated carbocycles. The molecule has 0 spiro atoms. The summed E-state index contributed by atoms with van der Waals surface area (Å²) in [4.78, 5) is 0. The molecule has 0 aliphatic rings. The van der Waals surface area contributed by atoms with Gasteiger partial charge in [-0.1, -0.05) is 35.5 Å². The lowest BCUT2D eigenvalue weighted by Gasteiger charge is -1.96. The summed E-state index contributed by atoms with van der Waals surface area (Å²) in [6, 6.07) is 9.46. The Labute approximate surface area is 108 Å². The van der Waals surface area contributed by atoms with E-state index in [2.05, 4.69) is 10.2 Å². The number of aromatic nitrogens is 2. The minimum Gasteiger partial charge on any atom is -0.416 e. The van der Waals surface area contributed by atoms with E-state index in [-0.39, 0.29) is 0 Å². The molecule has 0 amide bonds. The maximum absolute atomic E-state index is 8.42. The van der Waals surface area contributed by atoms with Gasteiger partial charge in [0.05, 0.1) is 18.2 Å². The zero-order valence-electron chi connectivity index (χ0n) is 8.76. The summed E-state index contributed by atoms with van der Waals surface area (Å²) in [6.45, 7) is 0. The first kappa shape index (κ1) is 12.0. The van der Waals surface area contributed by atoms with Crippen LogP contribution in [0, 0.1) is 11.3 Å². The smallest absolute Gasteiger partial charge is 0.277 e. The zero-order chi connectivity index (χ0) is 12.1. The molecule has 0 aliphatic heterocycles. The highest BCUT2D eigenvalue weighted by atomic mass is 35.5. The van der Waals surface area contributed by atoms with Gasteiger partial charge in [-0.05, 0) is 17.7 Å². The molecule has 0 saturated heterocycles. The van der Waals surface area contributed by atoms with Gasteiger partial charge in [0.2, 0.25) is 5.89 Å². The summed E-state index contributed by atoms with van der Waals surface area (Å²) in [7, 11) is 0. The Kier molecular flexibility index (Phi) is 4.02. The molecular formula is C11H8ClN3OS. The van der Waals surface area contributed by atoms with Gasteiger partial charge in [-0.25, -0.2) is 0 Å². The van der Waals surface area contributed by atoms with Gasteiger partial charge in [0.1, 0.15) is 0 Å². The lowest BCUT2D eigenvalue weighted by Crippen LogP contribution is -1.87. The monoisotopic (exact) mass is 265 g/mol. The highest BCUT2D eigenvalue weighted by molar-refractivity contribution is 7.99. The van der Waals surface area contributed by atoms with E-state index >= 15 is 0 Å². The quantitative estimate of drug-likeness (QED) is 0.796. The van der Waals surface area contributed by atoms with Crippen molar-refractivity contribution in [2.75, 3.05) is 5.75 Å². The van der Waals surface area contributed by atoms with Crippen LogP contribution in [-0.2, 0) is 6.42 Å². The summed E-state index contributed by atoms with van der Waals surface area (Å²) in [5.74, 6) is 0.843. The zero-order valence-corrected chi connectivity index (χ0v) is 10.3. The summed E-state index contributed by atoms with van der Waals surface area (Å²) >= 11 is 7.02. The number of benzene rings is 1. The predicted octanol–water partition coefficient (Wildman–Crippen LogP) is 2.93. The number of nitriles is 1. The Morgan fingerprint density at radius 3 is 2.76 bits per heavy atom. The topological polar surface area (TPSA) is 62.7 Å². The second kappa shape index (κ2) is 5.71. The third kappa shape index (κ3) is 3.48. The maximum atomic E-state index is 8.42. The lowest BCUT2D eigenvalue weighted by molar-refractivity contribution is 0.420. The summed E-state index contributed by atoms with van der Waals surface area (Å²) in [5.41, 5.74) is 1.05. The van der Waals surface area contributed by atoms with Crippen molar-refractivity contribution in [3.8, 4) is 6.07 Å². The van der Waals surface area contributed by atoms with Gasteiger partial charge in [0, 0.05) is 5.02 Å². The molecule has 0 fully saturated rings. The normalized spacial score (nSPS) is 10.1. The molecular weight excluding hydrogens is 258 g/mol. The van der Waals surface area contributed by atoms with Gasteiger partial charge < -0.3 is 4.42 Å². The number of thioether (sulfide) groups is 1. The van der Waals surface area contributed by atoms with Crippen molar-refractivity contribution in [1.82, 2.24) is 10.2 Å². The molecule has 0 radical (unpaired) electrons. The standard InChI is InChI=1S/C11H8ClN3OS/c12-9-3-1-8(2-4-9)7-10-14-15-11(16-10)17-6-5-13/h1-4H,6-7H2. The lowest BCUT2D eigenvalue weighted by atomic mass is 10.1. The Morgan fingerprint density at radius 2 is 2.06 bits per heavy atom. The predicted molar refractivity (Wildman–Crippen MR) is 64.9 cm³/mol. The first-order valence-corrected chi connectivity index (χ1v) is 6.21. The molecule has 17 heavy (non-hydrogen) atoms. The van der Waals surface area contributed by atoms with Crippen LogP contribution in [0.1, 0.15) is 11.5 Å². The summed E-state index contributed by atoms with van der Waals surface area (Å²) in [6.07, 6.45) is 0.567. The van der Waals surface area contributed by atoms with Crippen LogP contribution in [0.25, 0.3) is 0 Å². The Morgan fingerprint density at radius 1 is 1.29 bits per heavy atom. The van der Waals surface area contributed by atoms with E-state index < -0.39 is 0 Å². The molecule has 0 N–H and O–H groups in total. The molecule has 0 bridgehead atoms. The number of rotatable bonds is 4. The molecule has 1 heterocycles. The van der Waals surface area contributed by atoms with Gasteiger partial charge in [0.25, 0.3) is 5.22 Å². The van der Waals surface area contributed by atoms with Crippen molar-refractivity contribution in [3.63, 3.8) is 0 Å². The second-order valence-electron chi connectivity index (χ2n) is 3.21. The van der Waals surface area contributed by atoms with Gasteiger partial charge in [0.15, 0.2) is 0 Å². The van der Waals surface area contributed by atoms with E-state index in [4.69, 9.17) is 21.3 Å². The number of halogens is 1. The fourth-order valence-electron chi connectivity index (χ4n) is 1.24. The highest BCUT2D eigenvalue weighted by Crippen LogP contribution is 2.18. The average Bonchev–Trinajstić information content (AvgIpc) is 2.77. The maximum Gasteiger partial charge on any atom is 0.277 e. The molecule has 2 aromatic rings. The van der Waals surface area contributed by atoms with Crippen LogP contribution in [0.5, 0.6) is 0 Å². The third-order valence-electron chi connectivity index (χ3n) is 1.98. The van der Waals surface area contributed by atoms with Crippen LogP contribution in [-0.4, -0.2) is 16.0 Å². The molecule has 6 heteroatoms. The third-order valence-corrected chi connectivity index (χ3v) is 2.91. The van der Waals surface area contributed by atoms with Crippen LogP contribution in [0.3, 0.4) is 0 Å². The van der Waals surface area contributed by atoms with Gasteiger partial charge in [-0.15, -0.1) is 10.2 Å². The van der Waals surface area contributed by atoms with Crippen molar-refractivity contribution >= 4 is 23.4 Å². The van der Waals surface area contributed by atoms with Crippen LogP contribution >= 0.6 is 23.4 Å². The van der Waals surface area contributed by atoms with Crippen LogP contribution in [0.15, 0.2) is 33.9 Å². The van der Waals surface area contributed by atoms with Crippen molar-refractivity contribution in [2.24, 2.45) is 0 Å². The van der Waals surface area contributed by atoms with Crippen molar-refractivity contribution in [3.05, 3.63) is 40.7 Å². The van der Waals surface area contributed by atoms with E-state index in [1.165, 1.54) is 11.8 Å². The molecule has 0 unspecified atom stereocenters. The Balaban J connectivity index is 2.01. The SMILES string of the molecule is N#CCSc1nnc(Cc2ccc(Cl)cc2)o1. The summed E-state index contributed by atoms with van der Waals surface area (Å²) < 4.78 is 5.38. The minimum atomic E-state index is 0.308. The van der Waals surface area contributed by atoms with Crippen LogP contribution in [0.4, 0.5) is 0 Å². The van der Waals surface area contributed by atoms with E-state index in [0.717, 1.165) is 5.56 Å². The molecule has 0 aliphatic carbocycles. The molecule has 2 rings (SSSR count). The van der Waals surface area contributed by atoms with Crippen LogP contribution in [0.2, 0.25) is 5.02 Å².